The third kappa shape index (κ3) is 3.24. The van der Waals surface area contributed by atoms with Crippen LogP contribution in [0.2, 0.25) is 0 Å². The molecule has 0 saturated carbocycles. The Kier molecular flexibility index (Phi) is 4.61. The van der Waals surface area contributed by atoms with E-state index in [0.29, 0.717) is 12.4 Å². The van der Waals surface area contributed by atoms with Crippen LogP contribution in [-0.2, 0) is 13.0 Å². The van der Waals surface area contributed by atoms with Crippen molar-refractivity contribution < 1.29 is 14.6 Å². The molecular weight excluding hydrogens is 248 g/mol. The van der Waals surface area contributed by atoms with Gasteiger partial charge in [-0.3, -0.25) is 0 Å². The maximum atomic E-state index is 9.25. The van der Waals surface area contributed by atoms with Gasteiger partial charge in [0.25, 0.3) is 0 Å². The van der Waals surface area contributed by atoms with Crippen molar-refractivity contribution in [2.45, 2.75) is 13.0 Å². The van der Waals surface area contributed by atoms with Gasteiger partial charge < -0.3 is 14.6 Å². The van der Waals surface area contributed by atoms with Gasteiger partial charge in [-0.15, -0.1) is 11.3 Å². The van der Waals surface area contributed by atoms with Gasteiger partial charge in [-0.1, -0.05) is 6.07 Å². The van der Waals surface area contributed by atoms with E-state index in [4.69, 9.17) is 9.47 Å². The number of hydrogen-bond acceptors (Lipinski definition) is 4. The van der Waals surface area contributed by atoms with Gasteiger partial charge in [0, 0.05) is 22.9 Å². The second-order valence-corrected chi connectivity index (χ2v) is 4.84. The van der Waals surface area contributed by atoms with E-state index >= 15 is 0 Å². The van der Waals surface area contributed by atoms with Crippen LogP contribution in [0.5, 0.6) is 11.5 Å². The minimum absolute atomic E-state index is 0.0294. The first-order valence-electron chi connectivity index (χ1n) is 5.76. The van der Waals surface area contributed by atoms with Crippen LogP contribution in [0.3, 0.4) is 0 Å². The normalized spacial score (nSPS) is 10.3. The number of aliphatic hydroxyl groups is 1. The maximum Gasteiger partial charge on any atom is 0.128 e. The lowest BCUT2D eigenvalue weighted by atomic mass is 10.2. The molecule has 2 rings (SSSR count). The van der Waals surface area contributed by atoms with Crippen molar-refractivity contribution in [2.24, 2.45) is 0 Å². The molecule has 0 unspecified atom stereocenters. The van der Waals surface area contributed by atoms with Crippen molar-refractivity contribution in [3.8, 4) is 11.5 Å². The Morgan fingerprint density at radius 1 is 1.28 bits per heavy atom. The van der Waals surface area contributed by atoms with Gasteiger partial charge >= 0.3 is 0 Å². The van der Waals surface area contributed by atoms with Crippen LogP contribution in [0.15, 0.2) is 35.7 Å². The van der Waals surface area contributed by atoms with Gasteiger partial charge in [-0.25, -0.2) is 0 Å². The van der Waals surface area contributed by atoms with Crippen LogP contribution in [-0.4, -0.2) is 18.8 Å². The zero-order valence-electron chi connectivity index (χ0n) is 10.3. The van der Waals surface area contributed by atoms with Crippen LogP contribution in [0.25, 0.3) is 0 Å². The van der Waals surface area contributed by atoms with Gasteiger partial charge in [-0.2, -0.15) is 0 Å². The van der Waals surface area contributed by atoms with Crippen LogP contribution in [0.1, 0.15) is 10.4 Å². The molecule has 4 heteroatoms. The van der Waals surface area contributed by atoms with Gasteiger partial charge in [0.05, 0.1) is 20.3 Å². The molecule has 0 atom stereocenters. The third-order valence-corrected chi connectivity index (χ3v) is 3.57. The minimum Gasteiger partial charge on any atom is -0.497 e. The lowest BCUT2D eigenvalue weighted by Gasteiger charge is -2.11. The topological polar surface area (TPSA) is 38.7 Å². The molecule has 3 nitrogen and oxygen atoms in total. The van der Waals surface area contributed by atoms with Crippen molar-refractivity contribution in [1.82, 2.24) is 0 Å². The SMILES string of the molecule is COc1ccc(CO)c(OCCc2cccs2)c1. The molecule has 0 aliphatic rings. The van der Waals surface area contributed by atoms with E-state index in [2.05, 4.69) is 11.4 Å². The van der Waals surface area contributed by atoms with Crippen molar-refractivity contribution >= 4 is 11.3 Å². The van der Waals surface area contributed by atoms with Crippen LogP contribution in [0, 0.1) is 0 Å². The summed E-state index contributed by atoms with van der Waals surface area (Å²) in [6.45, 7) is 0.568. The van der Waals surface area contributed by atoms with Crippen LogP contribution >= 0.6 is 11.3 Å². The Morgan fingerprint density at radius 3 is 2.83 bits per heavy atom. The predicted molar refractivity (Wildman–Crippen MR) is 72.4 cm³/mol. The highest BCUT2D eigenvalue weighted by Crippen LogP contribution is 2.25. The molecule has 0 aliphatic carbocycles. The summed E-state index contributed by atoms with van der Waals surface area (Å²) in [6, 6.07) is 9.56. The summed E-state index contributed by atoms with van der Waals surface area (Å²) in [5.41, 5.74) is 0.780. The molecule has 0 spiro atoms. The summed E-state index contributed by atoms with van der Waals surface area (Å²) in [5, 5.41) is 11.3. The van der Waals surface area contributed by atoms with Crippen LogP contribution in [0.4, 0.5) is 0 Å². The fourth-order valence-corrected chi connectivity index (χ4v) is 2.33. The van der Waals surface area contributed by atoms with Gasteiger partial charge in [0.2, 0.25) is 0 Å². The third-order valence-electron chi connectivity index (χ3n) is 2.63. The average Bonchev–Trinajstić information content (AvgIpc) is 2.92. The Bertz CT molecular complexity index is 480. The number of ether oxygens (including phenoxy) is 2. The Labute approximate surface area is 111 Å². The quantitative estimate of drug-likeness (QED) is 0.872. The highest BCUT2D eigenvalue weighted by Gasteiger charge is 2.05. The monoisotopic (exact) mass is 264 g/mol. The van der Waals surface area contributed by atoms with Gasteiger partial charge in [0.15, 0.2) is 0 Å². The number of aliphatic hydroxyl groups excluding tert-OH is 1. The maximum absolute atomic E-state index is 9.25. The molecule has 0 amide bonds. The van der Waals surface area contributed by atoms with Crippen molar-refractivity contribution in [1.29, 1.82) is 0 Å². The van der Waals surface area contributed by atoms with E-state index < -0.39 is 0 Å². The molecule has 96 valence electrons. The number of thiophene rings is 1. The number of methoxy groups -OCH3 is 1. The predicted octanol–water partition coefficient (Wildman–Crippen LogP) is 2.87. The number of hydrogen-bond donors (Lipinski definition) is 1. The zero-order valence-corrected chi connectivity index (χ0v) is 11.1. The fourth-order valence-electron chi connectivity index (χ4n) is 1.64. The summed E-state index contributed by atoms with van der Waals surface area (Å²) in [5.74, 6) is 1.42. The molecule has 1 heterocycles. The summed E-state index contributed by atoms with van der Waals surface area (Å²) in [4.78, 5) is 1.29. The smallest absolute Gasteiger partial charge is 0.128 e. The second kappa shape index (κ2) is 6.42. The Hall–Kier alpha value is -1.52. The highest BCUT2D eigenvalue weighted by molar-refractivity contribution is 7.09. The van der Waals surface area contributed by atoms with E-state index in [1.807, 2.05) is 18.2 Å². The highest BCUT2D eigenvalue weighted by atomic mass is 32.1. The van der Waals surface area contributed by atoms with Gasteiger partial charge in [0.1, 0.15) is 11.5 Å². The first-order valence-corrected chi connectivity index (χ1v) is 6.64. The zero-order chi connectivity index (χ0) is 12.8. The lowest BCUT2D eigenvalue weighted by molar-refractivity contribution is 0.263. The Balaban J connectivity index is 1.98. The van der Waals surface area contributed by atoms with E-state index in [0.717, 1.165) is 17.7 Å². The molecule has 1 aromatic carbocycles. The van der Waals surface area contributed by atoms with Crippen LogP contribution < -0.4 is 9.47 Å². The number of rotatable bonds is 6. The molecule has 1 N–H and O–H groups in total. The van der Waals surface area contributed by atoms with E-state index in [1.54, 1.807) is 24.5 Å². The largest absolute Gasteiger partial charge is 0.497 e. The van der Waals surface area contributed by atoms with Gasteiger partial charge in [-0.05, 0) is 23.6 Å². The summed E-state index contributed by atoms with van der Waals surface area (Å²) < 4.78 is 10.9. The molecule has 1 aromatic heterocycles. The molecular formula is C14H16O3S. The average molecular weight is 264 g/mol. The van der Waals surface area contributed by atoms with E-state index in [1.165, 1.54) is 4.88 Å². The van der Waals surface area contributed by atoms with E-state index in [9.17, 15) is 5.11 Å². The summed E-state index contributed by atoms with van der Waals surface area (Å²) >= 11 is 1.72. The lowest BCUT2D eigenvalue weighted by Crippen LogP contribution is -2.03. The number of benzene rings is 1. The first-order chi connectivity index (χ1) is 8.83. The fraction of sp³-hybridized carbons (Fsp3) is 0.286. The molecule has 18 heavy (non-hydrogen) atoms. The first kappa shape index (κ1) is 12.9. The molecule has 2 aromatic rings. The molecule has 0 fully saturated rings. The second-order valence-electron chi connectivity index (χ2n) is 3.81. The standard InChI is InChI=1S/C14H16O3S/c1-16-12-5-4-11(10-15)14(9-12)17-7-6-13-3-2-8-18-13/h2-5,8-9,15H,6-7,10H2,1H3. The van der Waals surface area contributed by atoms with Crippen molar-refractivity contribution in [3.63, 3.8) is 0 Å². The Morgan fingerprint density at radius 2 is 2.17 bits per heavy atom. The molecule has 0 bridgehead atoms. The molecule has 0 saturated heterocycles. The van der Waals surface area contributed by atoms with Crippen molar-refractivity contribution in [2.75, 3.05) is 13.7 Å². The molecule has 0 aliphatic heterocycles. The molecule has 0 radical (unpaired) electrons. The van der Waals surface area contributed by atoms with Crippen molar-refractivity contribution in [3.05, 3.63) is 46.2 Å². The minimum atomic E-state index is -0.0294. The van der Waals surface area contributed by atoms with E-state index in [-0.39, 0.29) is 6.61 Å². The summed E-state index contributed by atoms with van der Waals surface area (Å²) in [7, 11) is 1.61. The summed E-state index contributed by atoms with van der Waals surface area (Å²) in [6.07, 6.45) is 0.875.